The molecule has 46 heavy (non-hydrogen) atoms. The van der Waals surface area contributed by atoms with Crippen LogP contribution >= 0.6 is 11.6 Å². The molecule has 0 radical (unpaired) electrons. The molecule has 3 saturated heterocycles. The predicted octanol–water partition coefficient (Wildman–Crippen LogP) is 4.25. The number of halogens is 1. The number of likely N-dealkylation sites (tertiary alicyclic amines) is 1. The van der Waals surface area contributed by atoms with Crippen molar-refractivity contribution >= 4 is 39.8 Å². The van der Waals surface area contributed by atoms with Crippen molar-refractivity contribution < 1.29 is 9.53 Å². The summed E-state index contributed by atoms with van der Waals surface area (Å²) in [4.78, 5) is 32.4. The highest BCUT2D eigenvalue weighted by molar-refractivity contribution is 6.36. The number of hydrogen-bond acceptors (Lipinski definition) is 9. The molecule has 0 aliphatic carbocycles. The Morgan fingerprint density at radius 3 is 2.67 bits per heavy atom. The van der Waals surface area contributed by atoms with Crippen molar-refractivity contribution in [3.8, 4) is 12.1 Å². The van der Waals surface area contributed by atoms with Gasteiger partial charge in [0.2, 0.25) is 5.91 Å². The van der Waals surface area contributed by atoms with E-state index in [1.54, 1.807) is 0 Å². The third-order valence-corrected chi connectivity index (χ3v) is 10.6. The van der Waals surface area contributed by atoms with E-state index in [4.69, 9.17) is 26.3 Å². The first-order valence-electron chi connectivity index (χ1n) is 16.7. The number of nitriles is 1. The van der Waals surface area contributed by atoms with E-state index in [1.165, 1.54) is 6.42 Å². The lowest BCUT2D eigenvalue weighted by atomic mass is 10.0. The van der Waals surface area contributed by atoms with Crippen LogP contribution in [0, 0.1) is 17.2 Å². The average Bonchev–Trinajstić information content (AvgIpc) is 3.77. The van der Waals surface area contributed by atoms with Crippen molar-refractivity contribution in [2.75, 3.05) is 56.2 Å². The summed E-state index contributed by atoms with van der Waals surface area (Å²) in [6, 6.07) is 15.3. The normalized spacial score (nSPS) is 24.7. The molecular weight excluding hydrogens is 600 g/mol. The third kappa shape index (κ3) is 5.96. The molecule has 4 aliphatic heterocycles. The first kappa shape index (κ1) is 31.0. The molecule has 0 bridgehead atoms. The summed E-state index contributed by atoms with van der Waals surface area (Å²) in [6.07, 6.45) is 3.31. The summed E-state index contributed by atoms with van der Waals surface area (Å²) < 4.78 is 6.34. The number of amides is 1. The van der Waals surface area contributed by atoms with Crippen LogP contribution in [0.2, 0.25) is 5.02 Å². The van der Waals surface area contributed by atoms with Crippen LogP contribution in [0.3, 0.4) is 0 Å². The zero-order valence-electron chi connectivity index (χ0n) is 27.0. The SMILES string of the molecule is CC(C)[C@H]1N[C@@H]1C(=O)N1CCN(c2nc(OC[C@@H]3CCCN3C)nc3c2CCN(c2cccc4cccc(Cl)c24)C3)C[C@@H]1CC#N. The highest BCUT2D eigenvalue weighted by Gasteiger charge is 2.48. The van der Waals surface area contributed by atoms with Gasteiger partial charge in [0.1, 0.15) is 18.5 Å². The second-order valence-corrected chi connectivity index (χ2v) is 13.9. The van der Waals surface area contributed by atoms with Crippen LogP contribution in [0.25, 0.3) is 10.8 Å². The molecule has 4 atom stereocenters. The van der Waals surface area contributed by atoms with Crippen molar-refractivity contribution in [1.29, 1.82) is 5.26 Å². The molecule has 3 fully saturated rings. The second kappa shape index (κ2) is 12.9. The van der Waals surface area contributed by atoms with Gasteiger partial charge in [-0.1, -0.05) is 49.7 Å². The van der Waals surface area contributed by atoms with Crippen LogP contribution in [0.5, 0.6) is 6.01 Å². The maximum absolute atomic E-state index is 13.5. The quantitative estimate of drug-likeness (QED) is 0.361. The van der Waals surface area contributed by atoms with Crippen molar-refractivity contribution in [3.63, 3.8) is 0 Å². The molecule has 2 aromatic carbocycles. The van der Waals surface area contributed by atoms with Crippen LogP contribution in [0.4, 0.5) is 11.5 Å². The predicted molar refractivity (Wildman–Crippen MR) is 180 cm³/mol. The topological polar surface area (TPSA) is 111 Å². The molecule has 0 unspecified atom stereocenters. The fourth-order valence-electron chi connectivity index (χ4n) is 7.57. The largest absolute Gasteiger partial charge is 0.462 e. The number of rotatable bonds is 8. The summed E-state index contributed by atoms with van der Waals surface area (Å²) >= 11 is 6.73. The monoisotopic (exact) mass is 642 g/mol. The summed E-state index contributed by atoms with van der Waals surface area (Å²) in [5, 5.41) is 16.0. The van der Waals surface area contributed by atoms with Gasteiger partial charge in [-0.15, -0.1) is 0 Å². The van der Waals surface area contributed by atoms with Crippen molar-refractivity contribution in [2.24, 2.45) is 5.92 Å². The number of benzene rings is 2. The van der Waals surface area contributed by atoms with E-state index in [2.05, 4.69) is 71.2 Å². The number of piperazine rings is 1. The van der Waals surface area contributed by atoms with Crippen LogP contribution in [0.1, 0.15) is 44.4 Å². The average molecular weight is 643 g/mol. The number of nitrogens with zero attached hydrogens (tertiary/aromatic N) is 7. The van der Waals surface area contributed by atoms with Crippen molar-refractivity contribution in [2.45, 2.75) is 70.2 Å². The van der Waals surface area contributed by atoms with E-state index in [9.17, 15) is 10.1 Å². The zero-order valence-corrected chi connectivity index (χ0v) is 27.7. The Labute approximate surface area is 276 Å². The zero-order chi connectivity index (χ0) is 31.9. The lowest BCUT2D eigenvalue weighted by Gasteiger charge is -2.42. The highest BCUT2D eigenvalue weighted by Crippen LogP contribution is 2.37. The summed E-state index contributed by atoms with van der Waals surface area (Å²) in [5.41, 5.74) is 3.16. The minimum Gasteiger partial charge on any atom is -0.462 e. The number of carbonyl (C=O) groups is 1. The number of aromatic nitrogens is 2. The molecule has 11 heteroatoms. The molecule has 7 rings (SSSR count). The van der Waals surface area contributed by atoms with E-state index in [1.807, 2.05) is 17.0 Å². The fourth-order valence-corrected chi connectivity index (χ4v) is 7.85. The smallest absolute Gasteiger partial charge is 0.318 e. The summed E-state index contributed by atoms with van der Waals surface area (Å²) in [6.45, 7) is 9.04. The fraction of sp³-hybridized carbons (Fsp3) is 0.543. The Kier molecular flexibility index (Phi) is 8.66. The first-order valence-corrected chi connectivity index (χ1v) is 17.0. The van der Waals surface area contributed by atoms with E-state index < -0.39 is 0 Å². The number of hydrogen-bond donors (Lipinski definition) is 1. The Bertz CT molecular complexity index is 1650. The van der Waals surface area contributed by atoms with E-state index in [0.717, 1.165) is 64.5 Å². The third-order valence-electron chi connectivity index (χ3n) is 10.3. The second-order valence-electron chi connectivity index (χ2n) is 13.5. The molecule has 5 heterocycles. The van der Waals surface area contributed by atoms with E-state index in [0.29, 0.717) is 50.8 Å². The Balaban J connectivity index is 1.18. The Morgan fingerprint density at radius 1 is 1.11 bits per heavy atom. The maximum atomic E-state index is 13.5. The van der Waals surface area contributed by atoms with Gasteiger partial charge in [0.15, 0.2) is 0 Å². The standard InChI is InChI=1S/C35H43ClN8O2/c1-22(2)31-32(39-31)34(45)44-18-17-43(19-24(44)12-14-37)33-26-13-16-42(29-11-5-8-23-7-4-10-27(36)30(23)29)20-28(26)38-35(40-33)46-21-25-9-6-15-41(25)3/h4-5,7-8,10-11,22,24-25,31-32,39H,6,9,12-13,15-21H2,1-3H3/t24-,25-,31+,32-/m0/s1. The number of likely N-dealkylation sites (N-methyl/N-ethyl adjacent to an activating group) is 1. The Morgan fingerprint density at radius 2 is 1.93 bits per heavy atom. The van der Waals surface area contributed by atoms with Gasteiger partial charge in [0.05, 0.1) is 35.8 Å². The lowest BCUT2D eigenvalue weighted by molar-refractivity contribution is -0.133. The number of ether oxygens (including phenoxy) is 1. The number of anilines is 2. The number of nitrogens with one attached hydrogen (secondary N) is 1. The van der Waals surface area contributed by atoms with Gasteiger partial charge >= 0.3 is 6.01 Å². The molecule has 1 aromatic heterocycles. The molecule has 10 nitrogen and oxygen atoms in total. The van der Waals surface area contributed by atoms with Gasteiger partial charge in [0.25, 0.3) is 0 Å². The highest BCUT2D eigenvalue weighted by atomic mass is 35.5. The van der Waals surface area contributed by atoms with Crippen LogP contribution in [-0.2, 0) is 17.8 Å². The van der Waals surface area contributed by atoms with Gasteiger partial charge < -0.3 is 24.3 Å². The molecule has 0 spiro atoms. The minimum absolute atomic E-state index is 0.109. The molecule has 0 saturated carbocycles. The summed E-state index contributed by atoms with van der Waals surface area (Å²) in [5.74, 6) is 1.37. The first-order chi connectivity index (χ1) is 22.3. The number of fused-ring (bicyclic) bond motifs is 2. The van der Waals surface area contributed by atoms with Gasteiger partial charge in [0, 0.05) is 54.9 Å². The Hall–Kier alpha value is -3.65. The van der Waals surface area contributed by atoms with E-state index >= 15 is 0 Å². The minimum atomic E-state index is -0.207. The molecule has 3 aromatic rings. The van der Waals surface area contributed by atoms with Crippen LogP contribution in [0.15, 0.2) is 36.4 Å². The molecule has 1 N–H and O–H groups in total. The van der Waals surface area contributed by atoms with Crippen molar-refractivity contribution in [1.82, 2.24) is 25.1 Å². The van der Waals surface area contributed by atoms with Crippen molar-refractivity contribution in [3.05, 3.63) is 52.7 Å². The lowest BCUT2D eigenvalue weighted by Crippen LogP contribution is -2.57. The molecular formula is C35H43ClN8O2. The molecule has 242 valence electrons. The molecule has 4 aliphatic rings. The van der Waals surface area contributed by atoms with Crippen LogP contribution in [-0.4, -0.2) is 96.2 Å². The van der Waals surface area contributed by atoms with E-state index in [-0.39, 0.29) is 30.5 Å². The maximum Gasteiger partial charge on any atom is 0.318 e. The number of carbonyl (C=O) groups excluding carboxylic acids is 1. The van der Waals surface area contributed by atoms with Crippen LogP contribution < -0.4 is 19.9 Å². The van der Waals surface area contributed by atoms with Gasteiger partial charge in [-0.3, -0.25) is 10.1 Å². The van der Waals surface area contributed by atoms with Gasteiger partial charge in [-0.05, 0) is 56.3 Å². The molecule has 1 amide bonds. The summed E-state index contributed by atoms with van der Waals surface area (Å²) in [7, 11) is 2.14. The van der Waals surface area contributed by atoms with Gasteiger partial charge in [-0.25, -0.2) is 0 Å². The van der Waals surface area contributed by atoms with Gasteiger partial charge in [-0.2, -0.15) is 15.2 Å².